The number of fused-ring (bicyclic) bond motifs is 1. The lowest BCUT2D eigenvalue weighted by atomic mass is 10.2. The van der Waals surface area contributed by atoms with Crippen LogP contribution >= 0.6 is 0 Å². The van der Waals surface area contributed by atoms with Crippen molar-refractivity contribution in [2.24, 2.45) is 5.73 Å². The predicted octanol–water partition coefficient (Wildman–Crippen LogP) is 2.05. The summed E-state index contributed by atoms with van der Waals surface area (Å²) in [6.07, 6.45) is 0. The molecule has 1 aromatic heterocycles. The van der Waals surface area contributed by atoms with Gasteiger partial charge in [0.2, 0.25) is 0 Å². The van der Waals surface area contributed by atoms with Gasteiger partial charge in [-0.05, 0) is 30.3 Å². The molecule has 1 heterocycles. The van der Waals surface area contributed by atoms with Crippen molar-refractivity contribution in [1.82, 2.24) is 9.97 Å². The Hall–Kier alpha value is -3.15. The molecule has 0 bridgehead atoms. The number of anilines is 3. The van der Waals surface area contributed by atoms with Gasteiger partial charge < -0.3 is 16.8 Å². The van der Waals surface area contributed by atoms with Gasteiger partial charge in [-0.2, -0.15) is 0 Å². The molecule has 6 nitrogen and oxygen atoms in total. The first-order valence-corrected chi connectivity index (χ1v) is 6.32. The van der Waals surface area contributed by atoms with Crippen LogP contribution in [0.15, 0.2) is 48.5 Å². The molecule has 3 aromatic rings. The van der Waals surface area contributed by atoms with E-state index in [1.165, 1.54) is 0 Å². The first kappa shape index (κ1) is 12.9. The maximum atomic E-state index is 11.6. The Bertz CT molecular complexity index is 817. The molecule has 0 fully saturated rings. The molecule has 0 radical (unpaired) electrons. The number of nitrogens with one attached hydrogen (secondary N) is 1. The van der Waals surface area contributed by atoms with E-state index < -0.39 is 5.91 Å². The van der Waals surface area contributed by atoms with E-state index in [-0.39, 0.29) is 5.69 Å². The Morgan fingerprint density at radius 3 is 2.48 bits per heavy atom. The van der Waals surface area contributed by atoms with Crippen molar-refractivity contribution in [2.75, 3.05) is 11.1 Å². The van der Waals surface area contributed by atoms with Crippen molar-refractivity contribution in [3.8, 4) is 0 Å². The number of nitrogens with two attached hydrogens (primary N) is 2. The summed E-state index contributed by atoms with van der Waals surface area (Å²) in [4.78, 5) is 20.2. The number of primary amides is 1. The Kier molecular flexibility index (Phi) is 3.12. The van der Waals surface area contributed by atoms with Crippen molar-refractivity contribution in [3.63, 3.8) is 0 Å². The molecular weight excluding hydrogens is 266 g/mol. The van der Waals surface area contributed by atoms with E-state index in [0.29, 0.717) is 22.5 Å². The van der Waals surface area contributed by atoms with E-state index in [4.69, 9.17) is 11.5 Å². The van der Waals surface area contributed by atoms with Crippen molar-refractivity contribution in [1.29, 1.82) is 0 Å². The zero-order chi connectivity index (χ0) is 14.8. The van der Waals surface area contributed by atoms with Gasteiger partial charge in [0, 0.05) is 11.4 Å². The van der Waals surface area contributed by atoms with Crippen LogP contribution in [0.2, 0.25) is 0 Å². The van der Waals surface area contributed by atoms with Crippen molar-refractivity contribution in [3.05, 3.63) is 54.2 Å². The fourth-order valence-corrected chi connectivity index (χ4v) is 1.99. The van der Waals surface area contributed by atoms with Gasteiger partial charge >= 0.3 is 0 Å². The molecule has 0 atom stereocenters. The van der Waals surface area contributed by atoms with Crippen LogP contribution in [-0.4, -0.2) is 15.9 Å². The molecule has 2 aromatic carbocycles. The molecule has 0 aliphatic carbocycles. The smallest absolute Gasteiger partial charge is 0.271 e. The number of hydrogen-bond acceptors (Lipinski definition) is 5. The van der Waals surface area contributed by atoms with E-state index in [1.54, 1.807) is 18.2 Å². The fraction of sp³-hybridized carbons (Fsp3) is 0. The molecule has 104 valence electrons. The van der Waals surface area contributed by atoms with Crippen LogP contribution in [-0.2, 0) is 0 Å². The van der Waals surface area contributed by atoms with Crippen molar-refractivity contribution in [2.45, 2.75) is 0 Å². The quantitative estimate of drug-likeness (QED) is 0.636. The molecule has 0 unspecified atom stereocenters. The number of amides is 1. The Labute approximate surface area is 120 Å². The molecule has 3 rings (SSSR count). The van der Waals surface area contributed by atoms with Gasteiger partial charge in [-0.3, -0.25) is 4.79 Å². The van der Waals surface area contributed by atoms with E-state index >= 15 is 0 Å². The molecule has 0 spiro atoms. The topological polar surface area (TPSA) is 107 Å². The largest absolute Gasteiger partial charge is 0.399 e. The van der Waals surface area contributed by atoms with Crippen molar-refractivity contribution >= 4 is 34.1 Å². The summed E-state index contributed by atoms with van der Waals surface area (Å²) in [5, 5.41) is 3.05. The molecule has 1 amide bonds. The summed E-state index contributed by atoms with van der Waals surface area (Å²) in [6, 6.07) is 14.5. The molecular formula is C15H13N5O. The van der Waals surface area contributed by atoms with Gasteiger partial charge in [-0.15, -0.1) is 0 Å². The van der Waals surface area contributed by atoms with E-state index in [1.807, 2.05) is 30.3 Å². The van der Waals surface area contributed by atoms with Crippen LogP contribution in [0, 0.1) is 0 Å². The maximum Gasteiger partial charge on any atom is 0.271 e. The molecule has 0 saturated carbocycles. The summed E-state index contributed by atoms with van der Waals surface area (Å²) in [6.45, 7) is 0. The van der Waals surface area contributed by atoms with E-state index in [9.17, 15) is 4.79 Å². The highest BCUT2D eigenvalue weighted by Gasteiger charge is 2.14. The van der Waals surface area contributed by atoms with E-state index in [0.717, 1.165) is 5.69 Å². The Morgan fingerprint density at radius 1 is 1.00 bits per heavy atom. The van der Waals surface area contributed by atoms with Gasteiger partial charge in [0.25, 0.3) is 5.91 Å². The second-order valence-electron chi connectivity index (χ2n) is 4.52. The third-order valence-electron chi connectivity index (χ3n) is 2.96. The van der Waals surface area contributed by atoms with Crippen LogP contribution in [0.25, 0.3) is 11.0 Å². The Balaban J connectivity index is 2.14. The number of carbonyl (C=O) groups excluding carboxylic acids is 1. The SMILES string of the molecule is NC(=O)c1nc2ccc(N)cc2nc1Nc1ccccc1. The van der Waals surface area contributed by atoms with Crippen LogP contribution in [0.5, 0.6) is 0 Å². The van der Waals surface area contributed by atoms with Crippen LogP contribution in [0.3, 0.4) is 0 Å². The standard InChI is InChI=1S/C15H13N5O/c16-9-6-7-11-12(8-9)20-15(13(19-11)14(17)21)18-10-4-2-1-3-5-10/h1-8H,16H2,(H2,17,21)(H,18,20). The zero-order valence-electron chi connectivity index (χ0n) is 11.1. The van der Waals surface area contributed by atoms with Crippen LogP contribution in [0.4, 0.5) is 17.2 Å². The number of nitrogen functional groups attached to an aromatic ring is 1. The normalized spacial score (nSPS) is 10.5. The maximum absolute atomic E-state index is 11.6. The molecule has 0 saturated heterocycles. The minimum Gasteiger partial charge on any atom is -0.399 e. The molecule has 6 heteroatoms. The first-order valence-electron chi connectivity index (χ1n) is 6.32. The number of para-hydroxylation sites is 1. The summed E-state index contributed by atoms with van der Waals surface area (Å²) in [5.74, 6) is -0.327. The molecule has 0 aliphatic rings. The summed E-state index contributed by atoms with van der Waals surface area (Å²) < 4.78 is 0. The first-order chi connectivity index (χ1) is 10.1. The second kappa shape index (κ2) is 5.09. The lowest BCUT2D eigenvalue weighted by molar-refractivity contribution is 0.0996. The number of carbonyl (C=O) groups is 1. The second-order valence-corrected chi connectivity index (χ2v) is 4.52. The Morgan fingerprint density at radius 2 is 1.76 bits per heavy atom. The molecule has 21 heavy (non-hydrogen) atoms. The zero-order valence-corrected chi connectivity index (χ0v) is 11.1. The van der Waals surface area contributed by atoms with Crippen LogP contribution < -0.4 is 16.8 Å². The third kappa shape index (κ3) is 2.59. The predicted molar refractivity (Wildman–Crippen MR) is 82.2 cm³/mol. The summed E-state index contributed by atoms with van der Waals surface area (Å²) in [7, 11) is 0. The van der Waals surface area contributed by atoms with Crippen molar-refractivity contribution < 1.29 is 4.79 Å². The number of benzene rings is 2. The number of nitrogens with zero attached hydrogens (tertiary/aromatic N) is 2. The third-order valence-corrected chi connectivity index (χ3v) is 2.96. The summed E-state index contributed by atoms with van der Waals surface area (Å²) in [5.41, 5.74) is 13.8. The van der Waals surface area contributed by atoms with E-state index in [2.05, 4.69) is 15.3 Å². The van der Waals surface area contributed by atoms with Gasteiger partial charge in [-0.1, -0.05) is 18.2 Å². The highest BCUT2D eigenvalue weighted by atomic mass is 16.1. The average molecular weight is 279 g/mol. The van der Waals surface area contributed by atoms with Gasteiger partial charge in [0.15, 0.2) is 11.5 Å². The van der Waals surface area contributed by atoms with Gasteiger partial charge in [-0.25, -0.2) is 9.97 Å². The number of rotatable bonds is 3. The minimum absolute atomic E-state index is 0.0936. The van der Waals surface area contributed by atoms with Gasteiger partial charge in [0.05, 0.1) is 11.0 Å². The fourth-order valence-electron chi connectivity index (χ4n) is 1.99. The van der Waals surface area contributed by atoms with Gasteiger partial charge in [0.1, 0.15) is 0 Å². The highest BCUT2D eigenvalue weighted by Crippen LogP contribution is 2.22. The summed E-state index contributed by atoms with van der Waals surface area (Å²) >= 11 is 0. The monoisotopic (exact) mass is 279 g/mol. The average Bonchev–Trinajstić information content (AvgIpc) is 2.47. The lowest BCUT2D eigenvalue weighted by Gasteiger charge is -2.10. The minimum atomic E-state index is -0.639. The molecule has 0 aliphatic heterocycles. The van der Waals surface area contributed by atoms with Crippen LogP contribution in [0.1, 0.15) is 10.5 Å². The molecule has 5 N–H and O–H groups in total. The lowest BCUT2D eigenvalue weighted by Crippen LogP contribution is -2.16. The highest BCUT2D eigenvalue weighted by molar-refractivity contribution is 5.98. The number of aromatic nitrogens is 2. The number of hydrogen-bond donors (Lipinski definition) is 3.